The largest absolute Gasteiger partial charge is 0.453 e. The molecule has 4 aromatic rings. The van der Waals surface area contributed by atoms with Crippen LogP contribution >= 0.6 is 0 Å². The highest BCUT2D eigenvalue weighted by Crippen LogP contribution is 2.42. The first-order chi connectivity index (χ1) is 25.6. The van der Waals surface area contributed by atoms with Crippen LogP contribution in [-0.4, -0.2) is 71.7 Å². The van der Waals surface area contributed by atoms with Crippen molar-refractivity contribution >= 4 is 23.3 Å². The third-order valence-corrected chi connectivity index (χ3v) is 9.98. The lowest BCUT2D eigenvalue weighted by molar-refractivity contribution is -0.384. The number of esters is 1. The van der Waals surface area contributed by atoms with E-state index in [1.54, 1.807) is 19.1 Å². The van der Waals surface area contributed by atoms with Gasteiger partial charge in [0.2, 0.25) is 0 Å². The van der Waals surface area contributed by atoms with Crippen LogP contribution in [0.25, 0.3) is 11.1 Å². The van der Waals surface area contributed by atoms with Gasteiger partial charge in [0, 0.05) is 75.5 Å². The summed E-state index contributed by atoms with van der Waals surface area (Å²) in [5.74, 6) is -0.822. The van der Waals surface area contributed by atoms with Crippen LogP contribution in [0.3, 0.4) is 0 Å². The molecule has 2 saturated heterocycles. The molecule has 278 valence electrons. The standard InChI is InChI=1S/C41H46N4O8/c1-27-38(25-43-19-21-44(22-20-43)36-15-17-37(18-16-36)45(49)50)52-41(53-39(27)33-9-7-30(26-46)8-10-33)34-13-11-32(12-14-34)35-6-4-5-31(23-35)24-42-40(48)28(2)51-29(3)47/h4-18,23,27-28,38-39,41,46H,19-22,24-26H2,1-3H3,(H,42,48). The fourth-order valence-corrected chi connectivity index (χ4v) is 6.89. The molecule has 2 aliphatic heterocycles. The van der Waals surface area contributed by atoms with E-state index in [4.69, 9.17) is 14.2 Å². The maximum Gasteiger partial charge on any atom is 0.303 e. The summed E-state index contributed by atoms with van der Waals surface area (Å²) in [6.45, 7) is 9.22. The van der Waals surface area contributed by atoms with E-state index >= 15 is 0 Å². The predicted molar refractivity (Wildman–Crippen MR) is 200 cm³/mol. The van der Waals surface area contributed by atoms with Crippen LogP contribution in [0.15, 0.2) is 97.1 Å². The van der Waals surface area contributed by atoms with Crippen LogP contribution < -0.4 is 10.2 Å². The molecule has 0 aliphatic carbocycles. The van der Waals surface area contributed by atoms with Crippen LogP contribution in [0, 0.1) is 16.0 Å². The molecule has 12 heteroatoms. The van der Waals surface area contributed by atoms with Crippen molar-refractivity contribution in [2.45, 2.75) is 58.5 Å². The van der Waals surface area contributed by atoms with Crippen LogP contribution in [0.2, 0.25) is 0 Å². The molecule has 2 aliphatic rings. The summed E-state index contributed by atoms with van der Waals surface area (Å²) >= 11 is 0. The summed E-state index contributed by atoms with van der Waals surface area (Å²) in [5.41, 5.74) is 6.72. The first-order valence-corrected chi connectivity index (χ1v) is 17.9. The first-order valence-electron chi connectivity index (χ1n) is 17.9. The molecular weight excluding hydrogens is 676 g/mol. The van der Waals surface area contributed by atoms with E-state index in [1.807, 2.05) is 84.9 Å². The number of nitro groups is 1. The van der Waals surface area contributed by atoms with Gasteiger partial charge < -0.3 is 29.5 Å². The highest BCUT2D eigenvalue weighted by molar-refractivity contribution is 5.82. The molecule has 53 heavy (non-hydrogen) atoms. The van der Waals surface area contributed by atoms with Crippen molar-refractivity contribution in [3.05, 3.63) is 129 Å². The van der Waals surface area contributed by atoms with Gasteiger partial charge in [-0.15, -0.1) is 0 Å². The lowest BCUT2D eigenvalue weighted by atomic mass is 9.89. The van der Waals surface area contributed by atoms with E-state index in [0.717, 1.165) is 71.8 Å². The topological polar surface area (TPSA) is 144 Å². The average Bonchev–Trinajstić information content (AvgIpc) is 3.18. The lowest BCUT2D eigenvalue weighted by Gasteiger charge is -2.44. The normalized spacial score (nSPS) is 21.1. The summed E-state index contributed by atoms with van der Waals surface area (Å²) in [6, 6.07) is 30.7. The minimum Gasteiger partial charge on any atom is -0.453 e. The third kappa shape index (κ3) is 9.46. The van der Waals surface area contributed by atoms with Gasteiger partial charge in [-0.25, -0.2) is 0 Å². The molecule has 0 spiro atoms. The average molecular weight is 723 g/mol. The number of hydrogen-bond donors (Lipinski definition) is 2. The summed E-state index contributed by atoms with van der Waals surface area (Å²) in [4.78, 5) is 38.9. The Balaban J connectivity index is 1.14. The minimum absolute atomic E-state index is 0.0270. The minimum atomic E-state index is -0.866. The van der Waals surface area contributed by atoms with Gasteiger partial charge in [-0.2, -0.15) is 0 Å². The van der Waals surface area contributed by atoms with Crippen LogP contribution in [0.5, 0.6) is 0 Å². The molecular formula is C41H46N4O8. The zero-order chi connectivity index (χ0) is 37.5. The molecule has 0 bridgehead atoms. The van der Waals surface area contributed by atoms with Crippen molar-refractivity contribution in [1.29, 1.82) is 0 Å². The Kier molecular flexibility index (Phi) is 12.2. The number of ether oxygens (including phenoxy) is 3. The monoisotopic (exact) mass is 722 g/mol. The number of non-ortho nitro benzene ring substituents is 1. The number of aliphatic hydroxyl groups is 1. The molecule has 1 amide bonds. The van der Waals surface area contributed by atoms with Gasteiger partial charge in [0.15, 0.2) is 12.4 Å². The fourth-order valence-electron chi connectivity index (χ4n) is 6.89. The van der Waals surface area contributed by atoms with Crippen LogP contribution in [-0.2, 0) is 37.0 Å². The van der Waals surface area contributed by atoms with Crippen molar-refractivity contribution < 1.29 is 33.8 Å². The number of nitrogens with one attached hydrogen (secondary N) is 1. The Morgan fingerprint density at radius 2 is 1.58 bits per heavy atom. The van der Waals surface area contributed by atoms with E-state index < -0.39 is 18.4 Å². The van der Waals surface area contributed by atoms with E-state index in [-0.39, 0.29) is 41.3 Å². The van der Waals surface area contributed by atoms with Gasteiger partial charge in [-0.05, 0) is 52.9 Å². The summed E-state index contributed by atoms with van der Waals surface area (Å²) in [6.07, 6.45) is -1.83. The second kappa shape index (κ2) is 17.1. The molecule has 2 fully saturated rings. The molecule has 5 unspecified atom stereocenters. The smallest absolute Gasteiger partial charge is 0.303 e. The SMILES string of the molecule is CC(=O)OC(C)C(=O)NCc1cccc(-c2ccc(C3OC(CN4CCN(c5ccc([N+](=O)[O-])cc5)CC4)C(C)C(c4ccc(CO)cc4)O3)cc2)c1. The number of piperazine rings is 1. The molecule has 0 radical (unpaired) electrons. The maximum absolute atomic E-state index is 12.3. The Morgan fingerprint density at radius 3 is 2.23 bits per heavy atom. The molecule has 6 rings (SSSR count). The van der Waals surface area contributed by atoms with Gasteiger partial charge in [-0.3, -0.25) is 24.6 Å². The zero-order valence-corrected chi connectivity index (χ0v) is 30.2. The quantitative estimate of drug-likeness (QED) is 0.103. The van der Waals surface area contributed by atoms with E-state index in [0.29, 0.717) is 6.54 Å². The number of anilines is 1. The highest BCUT2D eigenvalue weighted by atomic mass is 16.7. The number of amides is 1. The fraction of sp³-hybridized carbons (Fsp3) is 0.366. The third-order valence-electron chi connectivity index (χ3n) is 9.98. The second-order valence-corrected chi connectivity index (χ2v) is 13.7. The number of carbonyl (C=O) groups is 2. The van der Waals surface area contributed by atoms with Gasteiger partial charge in [0.05, 0.1) is 23.7 Å². The van der Waals surface area contributed by atoms with E-state index in [2.05, 4.69) is 22.0 Å². The van der Waals surface area contributed by atoms with E-state index in [1.165, 1.54) is 6.92 Å². The number of nitro benzene ring substituents is 1. The Labute approximate surface area is 309 Å². The summed E-state index contributed by atoms with van der Waals surface area (Å²) in [5, 5.41) is 23.5. The number of aliphatic hydroxyl groups excluding tert-OH is 1. The van der Waals surface area contributed by atoms with Crippen molar-refractivity contribution in [3.8, 4) is 11.1 Å². The van der Waals surface area contributed by atoms with Crippen LogP contribution in [0.4, 0.5) is 11.4 Å². The van der Waals surface area contributed by atoms with Crippen molar-refractivity contribution in [2.75, 3.05) is 37.6 Å². The second-order valence-electron chi connectivity index (χ2n) is 13.7. The number of benzene rings is 4. The molecule has 5 atom stereocenters. The van der Waals surface area contributed by atoms with E-state index in [9.17, 15) is 24.8 Å². The number of carbonyl (C=O) groups excluding carboxylic acids is 2. The van der Waals surface area contributed by atoms with Crippen molar-refractivity contribution in [2.24, 2.45) is 5.92 Å². The lowest BCUT2D eigenvalue weighted by Crippen LogP contribution is -2.51. The molecule has 2 heterocycles. The Hall–Kier alpha value is -5.14. The Morgan fingerprint density at radius 1 is 0.906 bits per heavy atom. The van der Waals surface area contributed by atoms with Gasteiger partial charge in [0.25, 0.3) is 11.6 Å². The molecule has 12 nitrogen and oxygen atoms in total. The van der Waals surface area contributed by atoms with Gasteiger partial charge >= 0.3 is 5.97 Å². The predicted octanol–water partition coefficient (Wildman–Crippen LogP) is 5.94. The maximum atomic E-state index is 12.3. The first kappa shape index (κ1) is 37.6. The molecule has 0 aromatic heterocycles. The number of rotatable bonds is 12. The highest BCUT2D eigenvalue weighted by Gasteiger charge is 2.39. The number of hydrogen-bond acceptors (Lipinski definition) is 10. The molecule has 2 N–H and O–H groups in total. The summed E-state index contributed by atoms with van der Waals surface area (Å²) < 4.78 is 18.4. The van der Waals surface area contributed by atoms with Gasteiger partial charge in [-0.1, -0.05) is 73.7 Å². The van der Waals surface area contributed by atoms with Crippen molar-refractivity contribution in [3.63, 3.8) is 0 Å². The molecule has 0 saturated carbocycles. The number of nitrogens with zero attached hydrogens (tertiary/aromatic N) is 3. The molecule has 4 aromatic carbocycles. The van der Waals surface area contributed by atoms with Crippen LogP contribution in [0.1, 0.15) is 55.4 Å². The Bertz CT molecular complexity index is 1860. The summed E-state index contributed by atoms with van der Waals surface area (Å²) in [7, 11) is 0. The van der Waals surface area contributed by atoms with Crippen molar-refractivity contribution in [1.82, 2.24) is 10.2 Å². The van der Waals surface area contributed by atoms with Gasteiger partial charge in [0.1, 0.15) is 0 Å². The zero-order valence-electron chi connectivity index (χ0n) is 30.2.